The number of amides is 1. The van der Waals surface area contributed by atoms with E-state index < -0.39 is 0 Å². The van der Waals surface area contributed by atoms with Gasteiger partial charge in [-0.15, -0.1) is 0 Å². The van der Waals surface area contributed by atoms with E-state index in [2.05, 4.69) is 17.4 Å². The van der Waals surface area contributed by atoms with Crippen LogP contribution in [0.4, 0.5) is 4.39 Å². The maximum Gasteiger partial charge on any atom is 0.224 e. The van der Waals surface area contributed by atoms with Crippen LogP contribution in [0.5, 0.6) is 0 Å². The van der Waals surface area contributed by atoms with Crippen molar-refractivity contribution in [3.05, 3.63) is 71.6 Å². The van der Waals surface area contributed by atoms with Gasteiger partial charge in [0, 0.05) is 6.42 Å². The van der Waals surface area contributed by atoms with Gasteiger partial charge in [-0.1, -0.05) is 49.4 Å². The van der Waals surface area contributed by atoms with Crippen molar-refractivity contribution in [1.82, 2.24) is 5.32 Å². The van der Waals surface area contributed by atoms with Crippen LogP contribution in [-0.4, -0.2) is 24.2 Å². The summed E-state index contributed by atoms with van der Waals surface area (Å²) in [6, 6.07) is 14.0. The van der Waals surface area contributed by atoms with Gasteiger partial charge in [0.05, 0.1) is 24.7 Å². The number of rotatable bonds is 5. The van der Waals surface area contributed by atoms with Crippen LogP contribution in [0.25, 0.3) is 10.8 Å². The first-order valence-corrected chi connectivity index (χ1v) is 10.5. The number of allylic oxidation sites excluding steroid dienone is 3. The minimum absolute atomic E-state index is 0.0338. The Kier molecular flexibility index (Phi) is 5.81. The highest BCUT2D eigenvalue weighted by Gasteiger charge is 2.44. The molecule has 0 aromatic heterocycles. The molecule has 1 saturated carbocycles. The molecule has 1 unspecified atom stereocenters. The van der Waals surface area contributed by atoms with Crippen molar-refractivity contribution in [2.45, 2.75) is 57.1 Å². The van der Waals surface area contributed by atoms with Gasteiger partial charge in [0.15, 0.2) is 0 Å². The number of hydrogen-bond donors (Lipinski definition) is 1. The van der Waals surface area contributed by atoms with Crippen molar-refractivity contribution < 1.29 is 13.9 Å². The van der Waals surface area contributed by atoms with Crippen LogP contribution >= 0.6 is 0 Å². The number of benzene rings is 2. The van der Waals surface area contributed by atoms with E-state index in [9.17, 15) is 9.18 Å². The maximum absolute atomic E-state index is 14.1. The van der Waals surface area contributed by atoms with E-state index in [0.29, 0.717) is 19.4 Å². The van der Waals surface area contributed by atoms with E-state index in [4.69, 9.17) is 4.74 Å². The van der Waals surface area contributed by atoms with Gasteiger partial charge in [-0.05, 0) is 59.7 Å². The summed E-state index contributed by atoms with van der Waals surface area (Å²) >= 11 is 0. The molecular formula is C25H28FNO2. The molecule has 0 bridgehead atoms. The molecule has 1 aliphatic heterocycles. The second-order valence-electron chi connectivity index (χ2n) is 8.18. The molecule has 4 heteroatoms. The first-order valence-electron chi connectivity index (χ1n) is 10.5. The lowest BCUT2D eigenvalue weighted by molar-refractivity contribution is -0.129. The third-order valence-electron chi connectivity index (χ3n) is 6.12. The Balaban J connectivity index is 1.52. The lowest BCUT2D eigenvalue weighted by Crippen LogP contribution is -2.53. The lowest BCUT2D eigenvalue weighted by Gasteiger charge is -2.48. The Labute approximate surface area is 171 Å². The largest absolute Gasteiger partial charge is 0.370 e. The van der Waals surface area contributed by atoms with Crippen molar-refractivity contribution in [2.75, 3.05) is 6.61 Å². The Bertz CT molecular complexity index is 953. The van der Waals surface area contributed by atoms with E-state index in [1.807, 2.05) is 37.3 Å². The molecule has 29 heavy (non-hydrogen) atoms. The van der Waals surface area contributed by atoms with Crippen molar-refractivity contribution in [2.24, 2.45) is 0 Å². The summed E-state index contributed by atoms with van der Waals surface area (Å²) < 4.78 is 20.2. The Morgan fingerprint density at radius 1 is 1.24 bits per heavy atom. The highest BCUT2D eigenvalue weighted by Crippen LogP contribution is 2.43. The molecule has 1 saturated heterocycles. The zero-order chi connectivity index (χ0) is 20.3. The Morgan fingerprint density at radius 3 is 2.79 bits per heavy atom. The average Bonchev–Trinajstić information content (AvgIpc) is 2.68. The van der Waals surface area contributed by atoms with Crippen LogP contribution < -0.4 is 5.32 Å². The van der Waals surface area contributed by atoms with Gasteiger partial charge in [0.25, 0.3) is 0 Å². The van der Waals surface area contributed by atoms with Gasteiger partial charge < -0.3 is 10.1 Å². The summed E-state index contributed by atoms with van der Waals surface area (Å²) in [5, 5.41) is 5.40. The second kappa shape index (κ2) is 8.50. The molecule has 1 aliphatic carbocycles. The molecule has 1 spiro atoms. The molecule has 2 fully saturated rings. The van der Waals surface area contributed by atoms with Crippen LogP contribution in [0.15, 0.2) is 66.0 Å². The molecule has 1 heterocycles. The highest BCUT2D eigenvalue weighted by molar-refractivity contribution is 5.90. The highest BCUT2D eigenvalue weighted by atomic mass is 19.1. The first-order chi connectivity index (χ1) is 14.1. The molecule has 2 aromatic carbocycles. The fraction of sp³-hybridized carbons (Fsp3) is 0.400. The van der Waals surface area contributed by atoms with E-state index >= 15 is 0 Å². The molecule has 1 atom stereocenters. The number of carbonyl (C=O) groups excluding carboxylic acids is 1. The smallest absolute Gasteiger partial charge is 0.224 e. The van der Waals surface area contributed by atoms with E-state index in [0.717, 1.165) is 47.6 Å². The molecule has 2 aliphatic rings. The molecule has 152 valence electrons. The minimum Gasteiger partial charge on any atom is -0.370 e. The minimum atomic E-state index is -0.260. The van der Waals surface area contributed by atoms with Crippen molar-refractivity contribution in [3.8, 4) is 0 Å². The molecule has 1 amide bonds. The number of hydrogen-bond acceptors (Lipinski definition) is 2. The first kappa shape index (κ1) is 19.8. The van der Waals surface area contributed by atoms with Crippen LogP contribution in [0, 0.1) is 0 Å². The maximum atomic E-state index is 14.1. The number of carbonyl (C=O) groups is 1. The molecule has 0 radical (unpaired) electrons. The second-order valence-corrected chi connectivity index (χ2v) is 8.18. The normalized spacial score (nSPS) is 22.6. The fourth-order valence-corrected chi connectivity index (χ4v) is 4.40. The summed E-state index contributed by atoms with van der Waals surface area (Å²) in [7, 11) is 0. The monoisotopic (exact) mass is 393 g/mol. The lowest BCUT2D eigenvalue weighted by atomic mass is 9.73. The molecule has 1 N–H and O–H groups in total. The zero-order valence-electron chi connectivity index (χ0n) is 16.9. The van der Waals surface area contributed by atoms with Crippen molar-refractivity contribution in [1.29, 1.82) is 0 Å². The van der Waals surface area contributed by atoms with Gasteiger partial charge >= 0.3 is 0 Å². The third-order valence-corrected chi connectivity index (χ3v) is 6.12. The summed E-state index contributed by atoms with van der Waals surface area (Å²) in [6.07, 6.45) is 7.95. The summed E-state index contributed by atoms with van der Waals surface area (Å²) in [5.41, 5.74) is 1.68. The zero-order valence-corrected chi connectivity index (χ0v) is 16.9. The number of nitrogens with one attached hydrogen (secondary N) is 1. The third kappa shape index (κ3) is 4.43. The molecule has 3 nitrogen and oxygen atoms in total. The molecule has 4 rings (SSSR count). The molecular weight excluding hydrogens is 365 g/mol. The number of fused-ring (bicyclic) bond motifs is 1. The number of halogens is 1. The standard InChI is InChI=1S/C25H28FNO2/c1-2-7-21(26)14-20-17-29-25(12-6-13-25)16-23(20)27-24(28)15-19-10-5-9-18-8-3-4-11-22(18)19/h3-5,7-11,14,23H,2,6,12-13,15-17H2,1H3,(H,27,28)/b20-14+,21-7+. The number of ether oxygens (including phenoxy) is 1. The van der Waals surface area contributed by atoms with Crippen LogP contribution in [-0.2, 0) is 16.0 Å². The summed E-state index contributed by atoms with van der Waals surface area (Å²) in [5.74, 6) is -0.294. The summed E-state index contributed by atoms with van der Waals surface area (Å²) in [4.78, 5) is 12.9. The SMILES string of the molecule is CC/C=C(F)\C=C1/COC2(CCC2)CC1NC(=O)Cc1cccc2ccccc12. The van der Waals surface area contributed by atoms with E-state index in [1.165, 1.54) is 6.08 Å². The topological polar surface area (TPSA) is 38.3 Å². The van der Waals surface area contributed by atoms with E-state index in [1.54, 1.807) is 6.08 Å². The van der Waals surface area contributed by atoms with Gasteiger partial charge in [-0.3, -0.25) is 4.79 Å². The average molecular weight is 394 g/mol. The van der Waals surface area contributed by atoms with Crippen molar-refractivity contribution >= 4 is 16.7 Å². The van der Waals surface area contributed by atoms with Gasteiger partial charge in [0.2, 0.25) is 5.91 Å². The predicted molar refractivity (Wildman–Crippen MR) is 114 cm³/mol. The van der Waals surface area contributed by atoms with Crippen LogP contribution in [0.2, 0.25) is 0 Å². The van der Waals surface area contributed by atoms with E-state index in [-0.39, 0.29) is 23.4 Å². The molecule has 2 aromatic rings. The van der Waals surface area contributed by atoms with Gasteiger partial charge in [0.1, 0.15) is 5.83 Å². The Hall–Kier alpha value is -2.46. The van der Waals surface area contributed by atoms with Gasteiger partial charge in [-0.25, -0.2) is 4.39 Å². The summed E-state index contributed by atoms with van der Waals surface area (Å²) in [6.45, 7) is 2.28. The fourth-order valence-electron chi connectivity index (χ4n) is 4.40. The van der Waals surface area contributed by atoms with Gasteiger partial charge in [-0.2, -0.15) is 0 Å². The van der Waals surface area contributed by atoms with Crippen LogP contribution in [0.1, 0.15) is 44.6 Å². The quantitative estimate of drug-likeness (QED) is 0.739. The van der Waals surface area contributed by atoms with Crippen molar-refractivity contribution in [3.63, 3.8) is 0 Å². The predicted octanol–water partition coefficient (Wildman–Crippen LogP) is 5.40. The van der Waals surface area contributed by atoms with Crippen LogP contribution in [0.3, 0.4) is 0 Å². The Morgan fingerprint density at radius 2 is 2.03 bits per heavy atom.